The Labute approximate surface area is 165 Å². The number of para-hydroxylation sites is 1. The molecule has 6 heteroatoms. The van der Waals surface area contributed by atoms with Crippen LogP contribution in [-0.4, -0.2) is 51.9 Å². The van der Waals surface area contributed by atoms with Crippen LogP contribution in [0.5, 0.6) is 5.75 Å². The minimum atomic E-state index is 0.00335. The van der Waals surface area contributed by atoms with Crippen molar-refractivity contribution in [3.05, 3.63) is 66.6 Å². The molecule has 0 bridgehead atoms. The molecule has 1 saturated heterocycles. The molecule has 1 aromatic heterocycles. The summed E-state index contributed by atoms with van der Waals surface area (Å²) in [5, 5.41) is 0. The van der Waals surface area contributed by atoms with Crippen molar-refractivity contribution in [1.29, 1.82) is 0 Å². The van der Waals surface area contributed by atoms with Gasteiger partial charge in [-0.15, -0.1) is 0 Å². The Morgan fingerprint density at radius 1 is 1.07 bits per heavy atom. The number of fused-ring (bicyclic) bond motifs is 1. The lowest BCUT2D eigenvalue weighted by Gasteiger charge is -2.32. The zero-order valence-electron chi connectivity index (χ0n) is 16.0. The molecule has 2 aliphatic rings. The van der Waals surface area contributed by atoms with E-state index in [0.29, 0.717) is 23.8 Å². The van der Waals surface area contributed by atoms with Crippen LogP contribution >= 0.6 is 0 Å². The number of carbonyl (C=O) groups is 1. The molecule has 2 aromatic rings. The maximum atomic E-state index is 12.7. The molecule has 28 heavy (non-hydrogen) atoms. The van der Waals surface area contributed by atoms with Crippen LogP contribution in [0.25, 0.3) is 0 Å². The lowest BCUT2D eigenvalue weighted by atomic mass is 9.97. The van der Waals surface area contributed by atoms with Gasteiger partial charge in [-0.3, -0.25) is 4.79 Å². The number of aromatic nitrogens is 2. The zero-order chi connectivity index (χ0) is 19.2. The number of likely N-dealkylation sites (tertiary alicyclic amines) is 1. The molecule has 1 fully saturated rings. The Balaban J connectivity index is 1.25. The van der Waals surface area contributed by atoms with E-state index >= 15 is 0 Å². The molecular weight excluding hydrogens is 352 g/mol. The first-order valence-corrected chi connectivity index (χ1v) is 10.0. The summed E-state index contributed by atoms with van der Waals surface area (Å²) >= 11 is 0. The molecule has 1 atom stereocenters. The first kappa shape index (κ1) is 18.6. The van der Waals surface area contributed by atoms with Crippen molar-refractivity contribution in [2.75, 3.05) is 26.2 Å². The van der Waals surface area contributed by atoms with E-state index in [9.17, 15) is 4.79 Å². The lowest BCUT2D eigenvalue weighted by molar-refractivity contribution is 0.0820. The van der Waals surface area contributed by atoms with Crippen molar-refractivity contribution in [2.45, 2.75) is 31.6 Å². The molecule has 0 saturated carbocycles. The van der Waals surface area contributed by atoms with Gasteiger partial charge in [-0.25, -0.2) is 9.97 Å². The van der Waals surface area contributed by atoms with E-state index < -0.39 is 0 Å². The van der Waals surface area contributed by atoms with E-state index in [0.717, 1.165) is 44.7 Å². The highest BCUT2D eigenvalue weighted by Crippen LogP contribution is 2.25. The molecule has 0 spiro atoms. The predicted molar refractivity (Wildman–Crippen MR) is 107 cm³/mol. The summed E-state index contributed by atoms with van der Waals surface area (Å²) in [4.78, 5) is 25.8. The molecule has 146 valence electrons. The van der Waals surface area contributed by atoms with E-state index in [-0.39, 0.29) is 5.91 Å². The second-order valence-electron chi connectivity index (χ2n) is 7.35. The summed E-state index contributed by atoms with van der Waals surface area (Å²) in [6.45, 7) is 3.90. The van der Waals surface area contributed by atoms with E-state index in [1.165, 1.54) is 6.42 Å². The Morgan fingerprint density at radius 2 is 1.89 bits per heavy atom. The molecule has 1 aromatic carbocycles. The Morgan fingerprint density at radius 3 is 2.79 bits per heavy atom. The van der Waals surface area contributed by atoms with Crippen LogP contribution in [0.3, 0.4) is 0 Å². The number of piperidine rings is 1. The quantitative estimate of drug-likeness (QED) is 0.721. The van der Waals surface area contributed by atoms with Gasteiger partial charge in [0, 0.05) is 37.6 Å². The van der Waals surface area contributed by atoms with Gasteiger partial charge in [0.05, 0.1) is 5.56 Å². The summed E-state index contributed by atoms with van der Waals surface area (Å²) in [5.74, 6) is 2.02. The third-order valence-electron chi connectivity index (χ3n) is 5.39. The fraction of sp³-hybridized carbons (Fsp3) is 0.409. The maximum Gasteiger partial charge on any atom is 0.261 e. The van der Waals surface area contributed by atoms with Crippen molar-refractivity contribution in [2.24, 2.45) is 0 Å². The minimum Gasteiger partial charge on any atom is -0.463 e. The largest absolute Gasteiger partial charge is 0.463 e. The van der Waals surface area contributed by atoms with Crippen LogP contribution in [0, 0.1) is 0 Å². The van der Waals surface area contributed by atoms with Gasteiger partial charge in [0.2, 0.25) is 0 Å². The standard InChI is InChI=1S/C22H26N4O2/c27-22-19-8-1-2-9-20(19)28-16-15-26(22)14-4-3-12-25-13-5-7-18(17-25)21-23-10-6-11-24-21/h1-2,6,8-11,15-16,18H,3-5,7,12-14,17H2. The topological polar surface area (TPSA) is 58.6 Å². The third kappa shape index (κ3) is 4.39. The fourth-order valence-corrected chi connectivity index (χ4v) is 3.93. The normalized spacial score (nSPS) is 19.8. The van der Waals surface area contributed by atoms with Crippen LogP contribution in [0.2, 0.25) is 0 Å². The summed E-state index contributed by atoms with van der Waals surface area (Å²) in [6, 6.07) is 9.25. The van der Waals surface area contributed by atoms with Crippen molar-refractivity contribution in [3.8, 4) is 5.75 Å². The van der Waals surface area contributed by atoms with E-state index in [2.05, 4.69) is 14.9 Å². The first-order valence-electron chi connectivity index (χ1n) is 10.0. The summed E-state index contributed by atoms with van der Waals surface area (Å²) < 4.78 is 5.54. The highest BCUT2D eigenvalue weighted by molar-refractivity contribution is 5.97. The number of ether oxygens (including phenoxy) is 1. The SMILES string of the molecule is O=C1c2ccccc2OC=CN1CCCCN1CCCC(c2ncccn2)C1. The van der Waals surface area contributed by atoms with Gasteiger partial charge >= 0.3 is 0 Å². The van der Waals surface area contributed by atoms with Crippen LogP contribution in [0.1, 0.15) is 47.8 Å². The number of rotatable bonds is 6. The van der Waals surface area contributed by atoms with Gasteiger partial charge < -0.3 is 14.5 Å². The van der Waals surface area contributed by atoms with Gasteiger partial charge in [0.15, 0.2) is 0 Å². The van der Waals surface area contributed by atoms with Gasteiger partial charge in [-0.2, -0.15) is 0 Å². The molecule has 0 N–H and O–H groups in total. The lowest BCUT2D eigenvalue weighted by Crippen LogP contribution is -2.36. The molecule has 1 unspecified atom stereocenters. The van der Waals surface area contributed by atoms with Gasteiger partial charge in [0.1, 0.15) is 17.8 Å². The second-order valence-corrected chi connectivity index (χ2v) is 7.35. The molecule has 4 rings (SSSR count). The molecule has 1 amide bonds. The molecular formula is C22H26N4O2. The minimum absolute atomic E-state index is 0.00335. The average molecular weight is 378 g/mol. The Kier molecular flexibility index (Phi) is 5.97. The molecule has 2 aliphatic heterocycles. The van der Waals surface area contributed by atoms with E-state index in [4.69, 9.17) is 4.74 Å². The number of carbonyl (C=O) groups excluding carboxylic acids is 1. The van der Waals surface area contributed by atoms with Crippen molar-refractivity contribution >= 4 is 5.91 Å². The van der Waals surface area contributed by atoms with Crippen LogP contribution < -0.4 is 4.74 Å². The predicted octanol–water partition coefficient (Wildman–Crippen LogP) is 3.44. The summed E-state index contributed by atoms with van der Waals surface area (Å²) in [7, 11) is 0. The summed E-state index contributed by atoms with van der Waals surface area (Å²) in [5.41, 5.74) is 0.620. The Bertz CT molecular complexity index is 824. The van der Waals surface area contributed by atoms with Crippen LogP contribution in [-0.2, 0) is 0 Å². The number of hydrogen-bond acceptors (Lipinski definition) is 5. The number of hydrogen-bond donors (Lipinski definition) is 0. The molecule has 6 nitrogen and oxygen atoms in total. The first-order chi connectivity index (χ1) is 13.8. The highest BCUT2D eigenvalue weighted by Gasteiger charge is 2.23. The number of nitrogens with zero attached hydrogens (tertiary/aromatic N) is 4. The highest BCUT2D eigenvalue weighted by atomic mass is 16.5. The summed E-state index contributed by atoms with van der Waals surface area (Å²) in [6.07, 6.45) is 11.4. The maximum absolute atomic E-state index is 12.7. The zero-order valence-corrected chi connectivity index (χ0v) is 16.0. The smallest absolute Gasteiger partial charge is 0.261 e. The van der Waals surface area contributed by atoms with E-state index in [1.54, 1.807) is 17.4 Å². The van der Waals surface area contributed by atoms with Gasteiger partial charge in [-0.05, 0) is 57.0 Å². The molecule has 0 radical (unpaired) electrons. The fourth-order valence-electron chi connectivity index (χ4n) is 3.93. The van der Waals surface area contributed by atoms with Crippen molar-refractivity contribution in [3.63, 3.8) is 0 Å². The molecule has 0 aliphatic carbocycles. The van der Waals surface area contributed by atoms with Gasteiger partial charge in [0.25, 0.3) is 5.91 Å². The molecule has 3 heterocycles. The average Bonchev–Trinajstić information content (AvgIpc) is 2.91. The number of amides is 1. The Hall–Kier alpha value is -2.73. The van der Waals surface area contributed by atoms with Gasteiger partial charge in [-0.1, -0.05) is 12.1 Å². The van der Waals surface area contributed by atoms with E-state index in [1.807, 2.05) is 42.7 Å². The van der Waals surface area contributed by atoms with Crippen molar-refractivity contribution < 1.29 is 9.53 Å². The third-order valence-corrected chi connectivity index (χ3v) is 5.39. The van der Waals surface area contributed by atoms with Crippen LogP contribution in [0.15, 0.2) is 55.2 Å². The number of unbranched alkanes of at least 4 members (excludes halogenated alkanes) is 1. The van der Waals surface area contributed by atoms with Crippen LogP contribution in [0.4, 0.5) is 0 Å². The number of benzene rings is 1. The monoisotopic (exact) mass is 378 g/mol. The second kappa shape index (κ2) is 8.97. The van der Waals surface area contributed by atoms with Crippen molar-refractivity contribution in [1.82, 2.24) is 19.8 Å².